The molecule has 0 aromatic heterocycles. The second-order valence-corrected chi connectivity index (χ2v) is 5.78. The molecule has 2 aromatic rings. The van der Waals surface area contributed by atoms with Gasteiger partial charge in [-0.15, -0.1) is 0 Å². The van der Waals surface area contributed by atoms with Gasteiger partial charge in [-0.3, -0.25) is 0 Å². The second kappa shape index (κ2) is 5.98. The van der Waals surface area contributed by atoms with Crippen LogP contribution < -0.4 is 0 Å². The summed E-state index contributed by atoms with van der Waals surface area (Å²) in [7, 11) is 0. The Morgan fingerprint density at radius 3 is 2.21 bits per heavy atom. The summed E-state index contributed by atoms with van der Waals surface area (Å²) in [5.74, 6) is 0. The summed E-state index contributed by atoms with van der Waals surface area (Å²) in [6.45, 7) is 0. The molecule has 1 aliphatic rings. The third-order valence-corrected chi connectivity index (χ3v) is 4.32. The molecule has 19 heavy (non-hydrogen) atoms. The van der Waals surface area contributed by atoms with Crippen molar-refractivity contribution < 1.29 is 4.74 Å². The highest BCUT2D eigenvalue weighted by Gasteiger charge is 2.17. The Morgan fingerprint density at radius 1 is 0.895 bits per heavy atom. The van der Waals surface area contributed by atoms with E-state index in [9.17, 15) is 0 Å². The topological polar surface area (TPSA) is 9.23 Å². The lowest BCUT2D eigenvalue weighted by Crippen LogP contribution is -2.10. The van der Waals surface area contributed by atoms with Crippen LogP contribution in [0.25, 0.3) is 5.57 Å². The summed E-state index contributed by atoms with van der Waals surface area (Å²) < 4.78 is 5.85. The van der Waals surface area contributed by atoms with Crippen molar-refractivity contribution in [1.29, 1.82) is 0 Å². The Morgan fingerprint density at radius 2 is 1.58 bits per heavy atom. The minimum Gasteiger partial charge on any atom is -0.487 e. The van der Waals surface area contributed by atoms with Crippen LogP contribution in [0.15, 0.2) is 71.8 Å². The molecule has 1 aliphatic heterocycles. The van der Waals surface area contributed by atoms with Gasteiger partial charge in [-0.05, 0) is 36.1 Å². The molecule has 0 N–H and O–H groups in total. The van der Waals surface area contributed by atoms with Crippen molar-refractivity contribution in [1.82, 2.24) is 0 Å². The lowest BCUT2D eigenvalue weighted by Gasteiger charge is -2.22. The lowest BCUT2D eigenvalue weighted by atomic mass is 10.0. The third-order valence-electron chi connectivity index (χ3n) is 3.17. The summed E-state index contributed by atoms with van der Waals surface area (Å²) in [4.78, 5) is 1.27. The number of hydrogen-bond acceptors (Lipinski definition) is 2. The van der Waals surface area contributed by atoms with Gasteiger partial charge in [-0.25, -0.2) is 0 Å². The molecule has 0 saturated heterocycles. The minimum atomic E-state index is 0.231. The Labute approximate surface area is 118 Å². The molecule has 0 radical (unpaired) electrons. The van der Waals surface area contributed by atoms with E-state index in [0.29, 0.717) is 0 Å². The lowest BCUT2D eigenvalue weighted by molar-refractivity contribution is 0.204. The first kappa shape index (κ1) is 12.4. The van der Waals surface area contributed by atoms with Crippen LogP contribution in [0.1, 0.15) is 18.4 Å². The predicted octanol–water partition coefficient (Wildman–Crippen LogP) is 4.96. The zero-order valence-corrected chi connectivity index (χ0v) is 11.5. The van der Waals surface area contributed by atoms with Gasteiger partial charge in [0, 0.05) is 4.90 Å². The van der Waals surface area contributed by atoms with Gasteiger partial charge in [-0.2, -0.15) is 0 Å². The van der Waals surface area contributed by atoms with E-state index in [-0.39, 0.29) is 5.44 Å². The van der Waals surface area contributed by atoms with Crippen LogP contribution in [0.4, 0.5) is 0 Å². The molecule has 0 fully saturated rings. The van der Waals surface area contributed by atoms with E-state index in [0.717, 1.165) is 12.8 Å². The first-order valence-electron chi connectivity index (χ1n) is 6.53. The van der Waals surface area contributed by atoms with Crippen LogP contribution in [0, 0.1) is 0 Å². The standard InChI is InChI=1S/C17H16OS/c1-3-7-14(8-4-1)15-11-12-17(18-13-15)19-16-9-5-2-6-10-16/h1-10,13,17H,11-12H2. The first-order valence-corrected chi connectivity index (χ1v) is 7.41. The fourth-order valence-corrected chi connectivity index (χ4v) is 3.13. The van der Waals surface area contributed by atoms with Crippen LogP contribution in [0.2, 0.25) is 0 Å². The Kier molecular flexibility index (Phi) is 3.89. The van der Waals surface area contributed by atoms with Crippen molar-refractivity contribution in [3.8, 4) is 0 Å². The van der Waals surface area contributed by atoms with Crippen LogP contribution in [0.3, 0.4) is 0 Å². The van der Waals surface area contributed by atoms with Gasteiger partial charge in [0.25, 0.3) is 0 Å². The maximum absolute atomic E-state index is 5.85. The highest BCUT2D eigenvalue weighted by Crippen LogP contribution is 2.34. The molecular weight excluding hydrogens is 252 g/mol. The number of allylic oxidation sites excluding steroid dienone is 1. The zero-order chi connectivity index (χ0) is 12.9. The molecule has 96 valence electrons. The fraction of sp³-hybridized carbons (Fsp3) is 0.176. The SMILES string of the molecule is C1=C(c2ccccc2)CCC(Sc2ccccc2)O1. The van der Waals surface area contributed by atoms with Crippen LogP contribution in [-0.2, 0) is 4.74 Å². The number of ether oxygens (including phenoxy) is 1. The van der Waals surface area contributed by atoms with Gasteiger partial charge < -0.3 is 4.74 Å². The highest BCUT2D eigenvalue weighted by molar-refractivity contribution is 7.99. The second-order valence-electron chi connectivity index (χ2n) is 4.54. The average molecular weight is 268 g/mol. The molecule has 0 saturated carbocycles. The van der Waals surface area contributed by atoms with E-state index in [1.165, 1.54) is 16.0 Å². The number of hydrogen-bond donors (Lipinski definition) is 0. The monoisotopic (exact) mass is 268 g/mol. The Hall–Kier alpha value is -1.67. The predicted molar refractivity (Wildman–Crippen MR) is 80.8 cm³/mol. The number of thioether (sulfide) groups is 1. The molecule has 0 spiro atoms. The van der Waals surface area contributed by atoms with Crippen molar-refractivity contribution in [2.24, 2.45) is 0 Å². The van der Waals surface area contributed by atoms with E-state index in [2.05, 4.69) is 48.5 Å². The molecule has 2 aromatic carbocycles. The molecule has 0 aliphatic carbocycles. The number of benzene rings is 2. The van der Waals surface area contributed by atoms with Gasteiger partial charge in [0.2, 0.25) is 0 Å². The maximum Gasteiger partial charge on any atom is 0.148 e. The van der Waals surface area contributed by atoms with Crippen LogP contribution in [0.5, 0.6) is 0 Å². The quantitative estimate of drug-likeness (QED) is 0.778. The summed E-state index contributed by atoms with van der Waals surface area (Å²) in [6.07, 6.45) is 4.06. The highest BCUT2D eigenvalue weighted by atomic mass is 32.2. The zero-order valence-electron chi connectivity index (χ0n) is 10.7. The molecule has 2 heteroatoms. The summed E-state index contributed by atoms with van der Waals surface area (Å²) >= 11 is 1.79. The van der Waals surface area contributed by atoms with Crippen LogP contribution in [-0.4, -0.2) is 5.44 Å². The molecule has 0 amide bonds. The summed E-state index contributed by atoms with van der Waals surface area (Å²) in [5.41, 5.74) is 2.80. The van der Waals surface area contributed by atoms with Gasteiger partial charge in [0.15, 0.2) is 0 Å². The van der Waals surface area contributed by atoms with E-state index in [4.69, 9.17) is 4.74 Å². The number of rotatable bonds is 3. The van der Waals surface area contributed by atoms with Gasteiger partial charge in [0.1, 0.15) is 5.44 Å². The van der Waals surface area contributed by atoms with E-state index < -0.39 is 0 Å². The minimum absolute atomic E-state index is 0.231. The Bertz CT molecular complexity index is 548. The molecule has 1 heterocycles. The van der Waals surface area contributed by atoms with Gasteiger partial charge in [0.05, 0.1) is 6.26 Å². The normalized spacial score (nSPS) is 18.5. The molecule has 0 bridgehead atoms. The maximum atomic E-state index is 5.85. The first-order chi connectivity index (χ1) is 9.42. The average Bonchev–Trinajstić information content (AvgIpc) is 2.50. The van der Waals surface area contributed by atoms with Gasteiger partial charge >= 0.3 is 0 Å². The van der Waals surface area contributed by atoms with Gasteiger partial charge in [-0.1, -0.05) is 60.3 Å². The van der Waals surface area contributed by atoms with E-state index in [1.54, 1.807) is 11.8 Å². The summed E-state index contributed by atoms with van der Waals surface area (Å²) in [5, 5.41) is 0. The van der Waals surface area contributed by atoms with Crippen LogP contribution >= 0.6 is 11.8 Å². The van der Waals surface area contributed by atoms with Crippen molar-refractivity contribution in [3.05, 3.63) is 72.5 Å². The van der Waals surface area contributed by atoms with E-state index >= 15 is 0 Å². The molecule has 1 unspecified atom stereocenters. The summed E-state index contributed by atoms with van der Waals surface area (Å²) in [6, 6.07) is 20.9. The van der Waals surface area contributed by atoms with E-state index in [1.807, 2.05) is 18.4 Å². The fourth-order valence-electron chi connectivity index (χ4n) is 2.16. The largest absolute Gasteiger partial charge is 0.487 e. The van der Waals surface area contributed by atoms with Crippen molar-refractivity contribution >= 4 is 17.3 Å². The molecular formula is C17H16OS. The molecule has 1 atom stereocenters. The van der Waals surface area contributed by atoms with Crippen molar-refractivity contribution in [2.45, 2.75) is 23.2 Å². The third kappa shape index (κ3) is 3.21. The Balaban J connectivity index is 1.64. The smallest absolute Gasteiger partial charge is 0.148 e. The van der Waals surface area contributed by atoms with Crippen molar-refractivity contribution in [3.63, 3.8) is 0 Å². The molecule has 3 rings (SSSR count). The van der Waals surface area contributed by atoms with Crippen molar-refractivity contribution in [2.75, 3.05) is 0 Å². The molecule has 1 nitrogen and oxygen atoms in total.